The Morgan fingerprint density at radius 2 is 2.21 bits per heavy atom. The normalized spacial score (nSPS) is 17.7. The summed E-state index contributed by atoms with van der Waals surface area (Å²) in [5.74, 6) is 0.965. The van der Waals surface area contributed by atoms with Crippen LogP contribution in [0, 0.1) is 0 Å². The van der Waals surface area contributed by atoms with Crippen LogP contribution in [0.4, 0.5) is 0 Å². The first-order valence-corrected chi connectivity index (χ1v) is 8.27. The van der Waals surface area contributed by atoms with Crippen molar-refractivity contribution in [3.8, 4) is 11.5 Å². The lowest BCUT2D eigenvalue weighted by atomic mass is 9.91. The van der Waals surface area contributed by atoms with Gasteiger partial charge in [-0.15, -0.1) is 10.2 Å². The lowest BCUT2D eigenvalue weighted by Gasteiger charge is -2.33. The number of fused-ring (bicyclic) bond motifs is 1. The lowest BCUT2D eigenvalue weighted by molar-refractivity contribution is 0.227. The minimum Gasteiger partial charge on any atom is -0.294 e. The molecule has 1 aliphatic rings. The number of aromatic nitrogens is 5. The van der Waals surface area contributed by atoms with Crippen LogP contribution < -0.4 is 0 Å². The molecule has 0 spiro atoms. The summed E-state index contributed by atoms with van der Waals surface area (Å²) in [6.45, 7) is 4.82. The van der Waals surface area contributed by atoms with Crippen molar-refractivity contribution in [2.24, 2.45) is 0 Å². The van der Waals surface area contributed by atoms with Gasteiger partial charge in [0, 0.05) is 30.9 Å². The van der Waals surface area contributed by atoms with Crippen LogP contribution in [-0.2, 0) is 13.1 Å². The van der Waals surface area contributed by atoms with Crippen LogP contribution >= 0.6 is 11.6 Å². The van der Waals surface area contributed by atoms with E-state index in [0.29, 0.717) is 11.7 Å². The van der Waals surface area contributed by atoms with E-state index in [9.17, 15) is 0 Å². The molecule has 1 N–H and O–H groups in total. The molecule has 1 unspecified atom stereocenters. The van der Waals surface area contributed by atoms with E-state index in [1.807, 2.05) is 18.2 Å². The zero-order valence-corrected chi connectivity index (χ0v) is 14.0. The second-order valence-corrected chi connectivity index (χ2v) is 6.53. The molecule has 0 saturated carbocycles. The van der Waals surface area contributed by atoms with Gasteiger partial charge in [-0.25, -0.2) is 0 Å². The van der Waals surface area contributed by atoms with Gasteiger partial charge in [0.2, 0.25) is 5.82 Å². The van der Waals surface area contributed by atoms with Crippen molar-refractivity contribution < 1.29 is 0 Å². The highest BCUT2D eigenvalue weighted by Gasteiger charge is 2.25. The summed E-state index contributed by atoms with van der Waals surface area (Å²) in [4.78, 5) is 6.82. The third kappa shape index (κ3) is 2.79. The monoisotopic (exact) mass is 340 g/mol. The highest BCUT2D eigenvalue weighted by atomic mass is 35.5. The zero-order chi connectivity index (χ0) is 16.5. The Morgan fingerprint density at radius 1 is 1.29 bits per heavy atom. The van der Waals surface area contributed by atoms with Gasteiger partial charge in [0.1, 0.15) is 5.69 Å². The smallest absolute Gasteiger partial charge is 0.223 e. The summed E-state index contributed by atoms with van der Waals surface area (Å²) >= 11 is 6.42. The van der Waals surface area contributed by atoms with Gasteiger partial charge in [-0.2, -0.15) is 5.21 Å². The fourth-order valence-corrected chi connectivity index (χ4v) is 3.61. The maximum absolute atomic E-state index is 6.42. The first-order valence-electron chi connectivity index (χ1n) is 7.89. The first kappa shape index (κ1) is 15.2. The van der Waals surface area contributed by atoms with E-state index in [4.69, 9.17) is 11.6 Å². The molecular formula is C17H17ClN6. The number of H-pyrrole nitrogens is 1. The maximum atomic E-state index is 6.42. The summed E-state index contributed by atoms with van der Waals surface area (Å²) < 4.78 is 0. The Labute approximate surface area is 144 Å². The van der Waals surface area contributed by atoms with Gasteiger partial charge < -0.3 is 0 Å². The third-order valence-corrected chi connectivity index (χ3v) is 4.80. The Bertz CT molecular complexity index is 848. The standard InChI is InChI=1S/C17H17ClN6/c1-11-8-24(10-14-13(11)5-2-6-15(14)18)9-12-4-3-7-19-16(12)17-20-22-23-21-17/h2-7,11H,8-10H2,1H3,(H,20,21,22,23). The molecule has 1 aromatic carbocycles. The van der Waals surface area contributed by atoms with E-state index < -0.39 is 0 Å². The number of hydrogen-bond acceptors (Lipinski definition) is 5. The minimum atomic E-state index is 0.442. The largest absolute Gasteiger partial charge is 0.294 e. The van der Waals surface area contributed by atoms with E-state index in [1.165, 1.54) is 11.1 Å². The van der Waals surface area contributed by atoms with Crippen LogP contribution in [0.1, 0.15) is 29.5 Å². The topological polar surface area (TPSA) is 70.6 Å². The molecular weight excluding hydrogens is 324 g/mol. The van der Waals surface area contributed by atoms with Crippen LogP contribution in [0.3, 0.4) is 0 Å². The summed E-state index contributed by atoms with van der Waals surface area (Å²) in [6, 6.07) is 10.2. The number of benzene rings is 1. The molecule has 24 heavy (non-hydrogen) atoms. The fraction of sp³-hybridized carbons (Fsp3) is 0.294. The SMILES string of the molecule is CC1CN(Cc2cccnc2-c2nn[nH]n2)Cc2c(Cl)cccc21. The average Bonchev–Trinajstić information content (AvgIpc) is 3.11. The highest BCUT2D eigenvalue weighted by Crippen LogP contribution is 2.33. The Morgan fingerprint density at radius 3 is 3.04 bits per heavy atom. The summed E-state index contributed by atoms with van der Waals surface area (Å²) in [5.41, 5.74) is 4.43. The van der Waals surface area contributed by atoms with Gasteiger partial charge in [0.05, 0.1) is 0 Å². The fourth-order valence-electron chi connectivity index (χ4n) is 3.37. The van der Waals surface area contributed by atoms with E-state index in [-0.39, 0.29) is 0 Å². The number of tetrazole rings is 1. The number of aromatic amines is 1. The van der Waals surface area contributed by atoms with Crippen molar-refractivity contribution >= 4 is 11.6 Å². The molecule has 122 valence electrons. The van der Waals surface area contributed by atoms with E-state index in [1.54, 1.807) is 6.20 Å². The first-order chi connectivity index (χ1) is 11.7. The maximum Gasteiger partial charge on any atom is 0.223 e. The molecule has 4 rings (SSSR count). The number of halogens is 1. The number of rotatable bonds is 3. The van der Waals surface area contributed by atoms with Crippen LogP contribution in [0.15, 0.2) is 36.5 Å². The van der Waals surface area contributed by atoms with Crippen molar-refractivity contribution in [1.82, 2.24) is 30.5 Å². The molecule has 0 saturated heterocycles. The van der Waals surface area contributed by atoms with Crippen LogP contribution in [0.5, 0.6) is 0 Å². The summed E-state index contributed by atoms with van der Waals surface area (Å²) in [5, 5.41) is 15.1. The van der Waals surface area contributed by atoms with Gasteiger partial charge in [0.25, 0.3) is 0 Å². The Hall–Kier alpha value is -2.31. The second kappa shape index (κ2) is 6.30. The molecule has 0 fully saturated rings. The van der Waals surface area contributed by atoms with Crippen LogP contribution in [0.25, 0.3) is 11.5 Å². The molecule has 3 heterocycles. The van der Waals surface area contributed by atoms with E-state index >= 15 is 0 Å². The van der Waals surface area contributed by atoms with Crippen LogP contribution in [-0.4, -0.2) is 37.1 Å². The minimum absolute atomic E-state index is 0.442. The van der Waals surface area contributed by atoms with Gasteiger partial charge in [-0.1, -0.05) is 36.7 Å². The molecule has 1 atom stereocenters. The van der Waals surface area contributed by atoms with Crippen molar-refractivity contribution in [3.05, 3.63) is 58.2 Å². The van der Waals surface area contributed by atoms with Gasteiger partial charge in [-0.3, -0.25) is 9.88 Å². The van der Waals surface area contributed by atoms with Gasteiger partial charge >= 0.3 is 0 Å². The molecule has 3 aromatic rings. The quantitative estimate of drug-likeness (QED) is 0.793. The van der Waals surface area contributed by atoms with Crippen molar-refractivity contribution in [2.75, 3.05) is 6.54 Å². The number of nitrogens with zero attached hydrogens (tertiary/aromatic N) is 5. The van der Waals surface area contributed by atoms with E-state index in [2.05, 4.69) is 49.6 Å². The third-order valence-electron chi connectivity index (χ3n) is 4.44. The molecule has 7 heteroatoms. The van der Waals surface area contributed by atoms with Gasteiger partial charge in [-0.05, 0) is 40.0 Å². The molecule has 0 bridgehead atoms. The highest BCUT2D eigenvalue weighted by molar-refractivity contribution is 6.31. The molecule has 1 aliphatic heterocycles. The lowest BCUT2D eigenvalue weighted by Crippen LogP contribution is -2.32. The molecule has 0 radical (unpaired) electrons. The summed E-state index contributed by atoms with van der Waals surface area (Å²) in [6.07, 6.45) is 1.75. The van der Waals surface area contributed by atoms with Crippen molar-refractivity contribution in [1.29, 1.82) is 0 Å². The van der Waals surface area contributed by atoms with E-state index in [0.717, 1.165) is 35.9 Å². The number of hydrogen-bond donors (Lipinski definition) is 1. The molecule has 2 aromatic heterocycles. The average molecular weight is 341 g/mol. The predicted molar refractivity (Wildman–Crippen MR) is 91.4 cm³/mol. The predicted octanol–water partition coefficient (Wildman–Crippen LogP) is 3.03. The van der Waals surface area contributed by atoms with Crippen LogP contribution in [0.2, 0.25) is 5.02 Å². The zero-order valence-electron chi connectivity index (χ0n) is 13.3. The van der Waals surface area contributed by atoms with Crippen molar-refractivity contribution in [2.45, 2.75) is 25.9 Å². The second-order valence-electron chi connectivity index (χ2n) is 6.12. The Balaban J connectivity index is 1.63. The Kier molecular flexibility index (Phi) is 4.00. The summed E-state index contributed by atoms with van der Waals surface area (Å²) in [7, 11) is 0. The molecule has 6 nitrogen and oxygen atoms in total. The molecule has 0 aliphatic carbocycles. The number of nitrogens with one attached hydrogen (secondary N) is 1. The number of pyridine rings is 1. The van der Waals surface area contributed by atoms with Crippen molar-refractivity contribution in [3.63, 3.8) is 0 Å². The van der Waals surface area contributed by atoms with Gasteiger partial charge in [0.15, 0.2) is 0 Å². The molecule has 0 amide bonds.